The van der Waals surface area contributed by atoms with Crippen LogP contribution in [-0.2, 0) is 30.3 Å². The summed E-state index contributed by atoms with van der Waals surface area (Å²) in [5.74, 6) is -3.14. The summed E-state index contributed by atoms with van der Waals surface area (Å²) in [5, 5.41) is 11.3. The third-order valence-corrected chi connectivity index (χ3v) is 3.90. The third kappa shape index (κ3) is 3.09. The van der Waals surface area contributed by atoms with Crippen molar-refractivity contribution in [1.82, 2.24) is 0 Å². The lowest BCUT2D eigenvalue weighted by molar-refractivity contribution is -0.384. The number of fused-ring (bicyclic) bond motifs is 1. The van der Waals surface area contributed by atoms with Gasteiger partial charge in [0, 0.05) is 17.0 Å². The molecule has 24 heavy (non-hydrogen) atoms. The van der Waals surface area contributed by atoms with Gasteiger partial charge in [0.05, 0.1) is 18.6 Å². The third-order valence-electron chi connectivity index (χ3n) is 3.44. The average molecular weight is 401 g/mol. The Morgan fingerprint density at radius 1 is 1.42 bits per heavy atom. The first kappa shape index (κ1) is 17.9. The highest BCUT2D eigenvalue weighted by atomic mass is 79.9. The number of hydrogen-bond acceptors (Lipinski definition) is 7. The predicted octanol–water partition coefficient (Wildman–Crippen LogP) is 1.35. The Morgan fingerprint density at radius 3 is 2.62 bits per heavy atom. The first-order chi connectivity index (χ1) is 11.3. The van der Waals surface area contributed by atoms with E-state index in [0.717, 1.165) is 12.0 Å². The minimum absolute atomic E-state index is 0.00652. The van der Waals surface area contributed by atoms with Gasteiger partial charge < -0.3 is 9.47 Å². The predicted molar refractivity (Wildman–Crippen MR) is 84.4 cm³/mol. The summed E-state index contributed by atoms with van der Waals surface area (Å²) in [6.07, 6.45) is -0.00652. The van der Waals surface area contributed by atoms with Crippen molar-refractivity contribution in [3.8, 4) is 0 Å². The van der Waals surface area contributed by atoms with E-state index in [1.807, 2.05) is 0 Å². The Morgan fingerprint density at radius 2 is 2.08 bits per heavy atom. The number of halogens is 1. The summed E-state index contributed by atoms with van der Waals surface area (Å²) >= 11 is 3.15. The van der Waals surface area contributed by atoms with E-state index in [1.54, 1.807) is 6.07 Å². The molecule has 1 aromatic carbocycles. The molecule has 0 aromatic heterocycles. The molecule has 0 spiro atoms. The van der Waals surface area contributed by atoms with Crippen LogP contribution in [0.15, 0.2) is 16.6 Å². The molecule has 10 heteroatoms. The molecule has 1 unspecified atom stereocenters. The molecule has 1 heterocycles. The molecule has 1 aliphatic heterocycles. The number of benzene rings is 1. The maximum Gasteiger partial charge on any atom is 0.397 e. The van der Waals surface area contributed by atoms with Crippen LogP contribution in [0.2, 0.25) is 0 Å². The highest BCUT2D eigenvalue weighted by molar-refractivity contribution is 9.10. The van der Waals surface area contributed by atoms with E-state index in [-0.39, 0.29) is 18.7 Å². The molecule has 0 radical (unpaired) electrons. The Kier molecular flexibility index (Phi) is 5.17. The number of methoxy groups -OCH3 is 1. The number of nitro groups is 1. The molecule has 9 nitrogen and oxygen atoms in total. The molecule has 1 amide bonds. The van der Waals surface area contributed by atoms with Crippen LogP contribution in [0.25, 0.3) is 0 Å². The van der Waals surface area contributed by atoms with Crippen molar-refractivity contribution in [2.75, 3.05) is 18.6 Å². The maximum absolute atomic E-state index is 12.4. The van der Waals surface area contributed by atoms with E-state index >= 15 is 0 Å². The molecule has 1 atom stereocenters. The number of rotatable bonds is 3. The maximum atomic E-state index is 12.4. The van der Waals surface area contributed by atoms with Gasteiger partial charge in [-0.15, -0.1) is 0 Å². The molecular formula is C14H13BrN2O7. The lowest BCUT2D eigenvalue weighted by atomic mass is 10.1. The van der Waals surface area contributed by atoms with Crippen molar-refractivity contribution in [3.63, 3.8) is 0 Å². The van der Waals surface area contributed by atoms with Gasteiger partial charge in [-0.2, -0.15) is 0 Å². The second kappa shape index (κ2) is 6.95. The van der Waals surface area contributed by atoms with Crippen molar-refractivity contribution in [3.05, 3.63) is 32.3 Å². The van der Waals surface area contributed by atoms with E-state index in [0.29, 0.717) is 10.0 Å². The number of ether oxygens (including phenoxy) is 2. The highest BCUT2D eigenvalue weighted by Gasteiger charge is 2.46. The molecule has 1 aromatic rings. The monoisotopic (exact) mass is 400 g/mol. The second-order valence-electron chi connectivity index (χ2n) is 4.83. The number of carbonyl (C=O) groups is 3. The summed E-state index contributed by atoms with van der Waals surface area (Å²) in [5.41, 5.74) is -0.121. The summed E-state index contributed by atoms with van der Waals surface area (Å²) in [6.45, 7) is 1.47. The van der Waals surface area contributed by atoms with Crippen LogP contribution in [0.1, 0.15) is 12.5 Å². The Hall–Kier alpha value is -2.49. The molecule has 1 aliphatic rings. The number of nitro benzene ring substituents is 1. The SMILES string of the molecule is CCOC(=O)C(=O)N1c2c(cc(Br)cc2[N+](=O)[O-])CC1C(=O)OC. The van der Waals surface area contributed by atoms with Crippen LogP contribution < -0.4 is 4.90 Å². The average Bonchev–Trinajstić information content (AvgIpc) is 2.91. The van der Waals surface area contributed by atoms with Crippen LogP contribution in [0.4, 0.5) is 11.4 Å². The molecule has 0 N–H and O–H groups in total. The quantitative estimate of drug-likeness (QED) is 0.325. The zero-order chi connectivity index (χ0) is 18.0. The van der Waals surface area contributed by atoms with Crippen molar-refractivity contribution < 1.29 is 28.8 Å². The smallest absolute Gasteiger partial charge is 0.397 e. The molecule has 0 fully saturated rings. The van der Waals surface area contributed by atoms with E-state index in [1.165, 1.54) is 13.0 Å². The highest BCUT2D eigenvalue weighted by Crippen LogP contribution is 2.42. The lowest BCUT2D eigenvalue weighted by Crippen LogP contribution is -2.47. The molecule has 0 bridgehead atoms. The summed E-state index contributed by atoms with van der Waals surface area (Å²) in [6, 6.07) is 1.58. The number of nitrogens with zero attached hydrogens (tertiary/aromatic N) is 2. The number of amides is 1. The summed E-state index contributed by atoms with van der Waals surface area (Å²) in [7, 11) is 1.13. The van der Waals surface area contributed by atoms with Gasteiger partial charge in [0.1, 0.15) is 11.7 Å². The molecule has 0 aliphatic carbocycles. The van der Waals surface area contributed by atoms with Gasteiger partial charge in [0.25, 0.3) is 5.69 Å². The minimum Gasteiger partial charge on any atom is -0.467 e. The fraction of sp³-hybridized carbons (Fsp3) is 0.357. The largest absolute Gasteiger partial charge is 0.467 e. The van der Waals surface area contributed by atoms with Gasteiger partial charge in [0.2, 0.25) is 0 Å². The van der Waals surface area contributed by atoms with Gasteiger partial charge in [-0.3, -0.25) is 19.8 Å². The van der Waals surface area contributed by atoms with E-state index < -0.39 is 34.5 Å². The Labute approximate surface area is 144 Å². The molecule has 128 valence electrons. The standard InChI is InChI=1S/C14H13BrN2O7/c1-3-24-14(20)12(18)16-10(13(19)23-2)5-7-4-8(15)6-9(11(7)16)17(21)22/h4,6,10H,3,5H2,1-2H3. The van der Waals surface area contributed by atoms with Crippen molar-refractivity contribution in [1.29, 1.82) is 0 Å². The Bertz CT molecular complexity index is 734. The van der Waals surface area contributed by atoms with Gasteiger partial charge >= 0.3 is 17.8 Å². The van der Waals surface area contributed by atoms with Gasteiger partial charge in [-0.25, -0.2) is 9.59 Å². The number of hydrogen-bond donors (Lipinski definition) is 0. The number of carbonyl (C=O) groups excluding carboxylic acids is 3. The summed E-state index contributed by atoms with van der Waals surface area (Å²) < 4.78 is 9.72. The first-order valence-corrected chi connectivity index (χ1v) is 7.66. The van der Waals surface area contributed by atoms with Crippen LogP contribution in [-0.4, -0.2) is 42.5 Å². The first-order valence-electron chi connectivity index (χ1n) is 6.86. The molecular weight excluding hydrogens is 388 g/mol. The zero-order valence-corrected chi connectivity index (χ0v) is 14.4. The lowest BCUT2D eigenvalue weighted by Gasteiger charge is -2.22. The van der Waals surface area contributed by atoms with E-state index in [9.17, 15) is 24.5 Å². The second-order valence-corrected chi connectivity index (χ2v) is 5.74. The zero-order valence-electron chi connectivity index (χ0n) is 12.8. The fourth-order valence-corrected chi connectivity index (χ4v) is 3.02. The van der Waals surface area contributed by atoms with E-state index in [4.69, 9.17) is 0 Å². The van der Waals surface area contributed by atoms with Crippen LogP contribution in [0.5, 0.6) is 0 Å². The van der Waals surface area contributed by atoms with Crippen molar-refractivity contribution in [2.45, 2.75) is 19.4 Å². The Balaban J connectivity index is 2.61. The van der Waals surface area contributed by atoms with Crippen LogP contribution in [0.3, 0.4) is 0 Å². The van der Waals surface area contributed by atoms with Crippen LogP contribution in [0, 0.1) is 10.1 Å². The van der Waals surface area contributed by atoms with Gasteiger partial charge in [-0.1, -0.05) is 15.9 Å². The van der Waals surface area contributed by atoms with Crippen molar-refractivity contribution >= 4 is 45.2 Å². The molecule has 0 saturated carbocycles. The molecule has 2 rings (SSSR count). The topological polar surface area (TPSA) is 116 Å². The minimum atomic E-state index is -1.20. The van der Waals surface area contributed by atoms with Gasteiger partial charge in [0.15, 0.2) is 0 Å². The van der Waals surface area contributed by atoms with Gasteiger partial charge in [-0.05, 0) is 18.6 Å². The van der Waals surface area contributed by atoms with Crippen molar-refractivity contribution in [2.24, 2.45) is 0 Å². The van der Waals surface area contributed by atoms with E-state index in [2.05, 4.69) is 25.4 Å². The van der Waals surface area contributed by atoms with Crippen LogP contribution >= 0.6 is 15.9 Å². The fourth-order valence-electron chi connectivity index (χ4n) is 2.53. The normalized spacial score (nSPS) is 15.6. The molecule has 0 saturated heterocycles. The summed E-state index contributed by atoms with van der Waals surface area (Å²) in [4.78, 5) is 47.6. The number of anilines is 1. The number of esters is 2.